The van der Waals surface area contributed by atoms with Gasteiger partial charge < -0.3 is 14.7 Å². The number of aliphatic hydroxyl groups excluding tert-OH is 1. The summed E-state index contributed by atoms with van der Waals surface area (Å²) in [4.78, 5) is 22.4. The van der Waals surface area contributed by atoms with Crippen molar-refractivity contribution in [2.75, 3.05) is 57.4 Å². The van der Waals surface area contributed by atoms with Gasteiger partial charge in [0.15, 0.2) is 17.3 Å². The third kappa shape index (κ3) is 7.32. The van der Waals surface area contributed by atoms with Crippen LogP contribution in [0.4, 0.5) is 5.69 Å². The minimum Gasteiger partial charge on any atom is -0.395 e. The van der Waals surface area contributed by atoms with Crippen LogP contribution in [0.25, 0.3) is 5.65 Å². The quantitative estimate of drug-likeness (QED) is 0.168. The molecule has 0 aliphatic carbocycles. The van der Waals surface area contributed by atoms with Crippen molar-refractivity contribution in [3.8, 4) is 0 Å². The highest BCUT2D eigenvalue weighted by atomic mass is 35.5. The third-order valence-electron chi connectivity index (χ3n) is 9.08. The fourth-order valence-electron chi connectivity index (χ4n) is 6.36. The molecule has 8 nitrogen and oxygen atoms in total. The van der Waals surface area contributed by atoms with Crippen molar-refractivity contribution in [2.24, 2.45) is 0 Å². The van der Waals surface area contributed by atoms with Gasteiger partial charge in [0.25, 0.3) is 0 Å². The number of hydrogen-bond donors (Lipinski definition) is 1. The second-order valence-corrected chi connectivity index (χ2v) is 12.3. The number of anilines is 1. The molecule has 0 radical (unpaired) electrons. The lowest BCUT2D eigenvalue weighted by molar-refractivity contribution is 0.0371. The number of carbonyl (C=O) groups is 1. The zero-order chi connectivity index (χ0) is 29.6. The topological polar surface area (TPSA) is 83.2 Å². The Bertz CT molecular complexity index is 1510. The molecule has 0 amide bonds. The van der Waals surface area contributed by atoms with Crippen molar-refractivity contribution in [1.29, 1.82) is 0 Å². The number of morpholine rings is 1. The molecule has 44 heavy (non-hydrogen) atoms. The van der Waals surface area contributed by atoms with Crippen LogP contribution in [0.2, 0.25) is 5.02 Å². The van der Waals surface area contributed by atoms with Gasteiger partial charge in [-0.2, -0.15) is 5.10 Å². The molecule has 2 aromatic heterocycles. The summed E-state index contributed by atoms with van der Waals surface area (Å²) in [7, 11) is 0. The summed E-state index contributed by atoms with van der Waals surface area (Å²) in [6, 6.07) is 19.9. The van der Waals surface area contributed by atoms with E-state index >= 15 is 0 Å². The molecular formula is C35H44ClN5O3. The predicted molar refractivity (Wildman–Crippen MR) is 176 cm³/mol. The Morgan fingerprint density at radius 3 is 2.39 bits per heavy atom. The highest BCUT2D eigenvalue weighted by Crippen LogP contribution is 2.37. The number of rotatable bonds is 11. The fraction of sp³-hybridized carbons (Fsp3) is 0.457. The molecule has 1 N–H and O–H groups in total. The van der Waals surface area contributed by atoms with Gasteiger partial charge in [-0.15, -0.1) is 0 Å². The number of hydrogen-bond acceptors (Lipinski definition) is 7. The van der Waals surface area contributed by atoms with E-state index in [-0.39, 0.29) is 25.2 Å². The molecule has 9 heteroatoms. The molecule has 6 rings (SSSR count). The summed E-state index contributed by atoms with van der Waals surface area (Å²) in [6.45, 7) is 6.38. The van der Waals surface area contributed by atoms with Gasteiger partial charge >= 0.3 is 0 Å². The number of carbonyl (C=O) groups excluding carboxylic acids is 1. The lowest BCUT2D eigenvalue weighted by Gasteiger charge is -2.42. The van der Waals surface area contributed by atoms with Crippen LogP contribution in [0.1, 0.15) is 66.8 Å². The van der Waals surface area contributed by atoms with Gasteiger partial charge in [0.2, 0.25) is 0 Å². The molecule has 0 unspecified atom stereocenters. The lowest BCUT2D eigenvalue weighted by atomic mass is 9.73. The summed E-state index contributed by atoms with van der Waals surface area (Å²) in [5.41, 5.74) is 4.61. The van der Waals surface area contributed by atoms with E-state index in [0.29, 0.717) is 17.9 Å². The van der Waals surface area contributed by atoms with Crippen LogP contribution in [0.15, 0.2) is 66.9 Å². The third-order valence-corrected chi connectivity index (χ3v) is 9.33. The first-order chi connectivity index (χ1) is 21.0. The molecule has 0 saturated carbocycles. The maximum atomic E-state index is 12.7. The van der Waals surface area contributed by atoms with Crippen molar-refractivity contribution in [3.63, 3.8) is 0 Å². The summed E-state index contributed by atoms with van der Waals surface area (Å²) in [5.74, 6) is 0.948. The van der Waals surface area contributed by atoms with Crippen LogP contribution in [-0.2, 0) is 16.6 Å². The monoisotopic (exact) mass is 617 g/mol. The van der Waals surface area contributed by atoms with Crippen LogP contribution in [-0.4, -0.2) is 82.9 Å². The Kier molecular flexibility index (Phi) is 10.7. The number of piperidine rings is 1. The van der Waals surface area contributed by atoms with E-state index in [0.717, 1.165) is 105 Å². The first-order valence-corrected chi connectivity index (χ1v) is 15.8. The molecule has 0 atom stereocenters. The Hall–Kier alpha value is -3.30. The smallest absolute Gasteiger partial charge is 0.178 e. The van der Waals surface area contributed by atoms with Gasteiger partial charge in [0.1, 0.15) is 0 Å². The number of ether oxygens (including phenoxy) is 1. The summed E-state index contributed by atoms with van der Waals surface area (Å²) in [6.07, 6.45) is 6.73. The Labute approximate surface area is 265 Å². The standard InChI is InChI=1S/C34H40ClN5O3.CH4/c35-29-12-10-28(11-13-29)34(25-41)14-18-39(19-15-34)30-4-3-17-40-33(30)36-32(37-40)24-26-6-8-27(9-7-26)31(42)5-1-2-16-38-20-22-43-23-21-38;/h3-4,6-13,17,41H,1-2,5,14-16,18-25H2;1H4. The van der Waals surface area contributed by atoms with Crippen molar-refractivity contribution < 1.29 is 14.6 Å². The zero-order valence-corrected chi connectivity index (χ0v) is 25.4. The first-order valence-electron chi connectivity index (χ1n) is 15.4. The average Bonchev–Trinajstić information content (AvgIpc) is 3.47. The van der Waals surface area contributed by atoms with Gasteiger partial charge in [-0.1, -0.05) is 55.4 Å². The molecule has 0 bridgehead atoms. The van der Waals surface area contributed by atoms with E-state index in [9.17, 15) is 9.90 Å². The molecule has 2 aliphatic heterocycles. The number of benzene rings is 2. The van der Waals surface area contributed by atoms with Gasteiger partial charge in [0.05, 0.1) is 25.5 Å². The fourth-order valence-corrected chi connectivity index (χ4v) is 6.48. The number of fused-ring (bicyclic) bond motifs is 1. The SMILES string of the molecule is C.O=C(CCCCN1CCOCC1)c1ccc(Cc2nc3c(N4CCC(CO)(c5ccc(Cl)cc5)CC4)cccn3n2)cc1. The maximum Gasteiger partial charge on any atom is 0.178 e. The number of halogens is 1. The number of pyridine rings is 1. The van der Waals surface area contributed by atoms with Crippen molar-refractivity contribution in [2.45, 2.75) is 51.4 Å². The van der Waals surface area contributed by atoms with Crippen LogP contribution in [0.5, 0.6) is 0 Å². The van der Waals surface area contributed by atoms with E-state index < -0.39 is 0 Å². The minimum absolute atomic E-state index is 0. The zero-order valence-electron chi connectivity index (χ0n) is 24.6. The molecule has 2 saturated heterocycles. The van der Waals surface area contributed by atoms with E-state index in [4.69, 9.17) is 26.4 Å². The number of aliphatic hydroxyl groups is 1. The Morgan fingerprint density at radius 2 is 1.68 bits per heavy atom. The number of Topliss-reactive ketones (excluding diaryl/α,β-unsaturated/α-hetero) is 1. The molecule has 2 fully saturated rings. The molecule has 2 aliphatic rings. The van der Waals surface area contributed by atoms with E-state index in [1.54, 1.807) is 0 Å². The van der Waals surface area contributed by atoms with Crippen molar-refractivity contribution >= 4 is 28.7 Å². The molecule has 4 heterocycles. The molecule has 2 aromatic carbocycles. The largest absolute Gasteiger partial charge is 0.395 e. The lowest BCUT2D eigenvalue weighted by Crippen LogP contribution is -2.45. The summed E-state index contributed by atoms with van der Waals surface area (Å²) in [5, 5.41) is 15.8. The second-order valence-electron chi connectivity index (χ2n) is 11.8. The van der Waals surface area contributed by atoms with E-state index in [2.05, 4.69) is 15.9 Å². The second kappa shape index (κ2) is 14.7. The maximum absolute atomic E-state index is 12.7. The van der Waals surface area contributed by atoms with Crippen LogP contribution < -0.4 is 4.90 Å². The van der Waals surface area contributed by atoms with Crippen LogP contribution in [0.3, 0.4) is 0 Å². The molecule has 0 spiro atoms. The Balaban J connectivity index is 0.00000384. The normalized spacial score (nSPS) is 17.0. The minimum atomic E-state index is -0.262. The predicted octanol–water partition coefficient (Wildman–Crippen LogP) is 5.83. The van der Waals surface area contributed by atoms with Gasteiger partial charge in [-0.05, 0) is 67.6 Å². The summed E-state index contributed by atoms with van der Waals surface area (Å²) < 4.78 is 7.26. The van der Waals surface area contributed by atoms with Crippen LogP contribution >= 0.6 is 11.6 Å². The molecule has 4 aromatic rings. The summed E-state index contributed by atoms with van der Waals surface area (Å²) >= 11 is 6.11. The van der Waals surface area contributed by atoms with Crippen molar-refractivity contribution in [1.82, 2.24) is 19.5 Å². The van der Waals surface area contributed by atoms with E-state index in [1.165, 1.54) is 0 Å². The highest BCUT2D eigenvalue weighted by molar-refractivity contribution is 6.30. The highest BCUT2D eigenvalue weighted by Gasteiger charge is 2.36. The van der Waals surface area contributed by atoms with Crippen LogP contribution in [0, 0.1) is 0 Å². The van der Waals surface area contributed by atoms with Gasteiger partial charge in [0, 0.05) is 61.2 Å². The number of unbranched alkanes of at least 4 members (excludes halogenated alkanes) is 1. The van der Waals surface area contributed by atoms with Gasteiger partial charge in [-0.25, -0.2) is 9.50 Å². The first kappa shape index (κ1) is 32.1. The molecular weight excluding hydrogens is 574 g/mol. The number of nitrogens with zero attached hydrogens (tertiary/aromatic N) is 5. The Morgan fingerprint density at radius 1 is 0.955 bits per heavy atom. The molecule has 234 valence electrons. The number of ketones is 1. The van der Waals surface area contributed by atoms with Crippen molar-refractivity contribution in [3.05, 3.63) is 94.4 Å². The van der Waals surface area contributed by atoms with Gasteiger partial charge in [-0.3, -0.25) is 9.69 Å². The van der Waals surface area contributed by atoms with E-state index in [1.807, 2.05) is 65.3 Å². The average molecular weight is 618 g/mol. The number of aromatic nitrogens is 3.